The second kappa shape index (κ2) is 7.09. The molecule has 1 aliphatic rings. The summed E-state index contributed by atoms with van der Waals surface area (Å²) < 4.78 is 0. The number of amides is 1. The lowest BCUT2D eigenvalue weighted by Crippen LogP contribution is -2.43. The third-order valence-electron chi connectivity index (χ3n) is 3.48. The second-order valence-electron chi connectivity index (χ2n) is 5.69. The van der Waals surface area contributed by atoms with Gasteiger partial charge in [0.15, 0.2) is 5.13 Å². The van der Waals surface area contributed by atoms with Crippen molar-refractivity contribution in [2.24, 2.45) is 5.92 Å². The lowest BCUT2D eigenvalue weighted by atomic mass is 10.2. The molecule has 0 aliphatic carbocycles. The van der Waals surface area contributed by atoms with Gasteiger partial charge < -0.3 is 20.9 Å². The maximum Gasteiger partial charge on any atom is 0.267 e. The number of hydrogen-bond donors (Lipinski definition) is 2. The molecular formula is C14H25N5OS. The van der Waals surface area contributed by atoms with Gasteiger partial charge in [0, 0.05) is 39.3 Å². The van der Waals surface area contributed by atoms with E-state index in [-0.39, 0.29) is 5.91 Å². The third kappa shape index (κ3) is 3.85. The smallest absolute Gasteiger partial charge is 0.267 e. The molecule has 3 N–H and O–H groups in total. The lowest BCUT2D eigenvalue weighted by Gasteiger charge is -2.26. The Morgan fingerprint density at radius 3 is 2.71 bits per heavy atom. The quantitative estimate of drug-likeness (QED) is 0.856. The van der Waals surface area contributed by atoms with Crippen LogP contribution in [-0.2, 0) is 0 Å². The number of thiazole rings is 1. The summed E-state index contributed by atoms with van der Waals surface area (Å²) >= 11 is 1.42. The van der Waals surface area contributed by atoms with E-state index in [1.807, 2.05) is 11.8 Å². The number of carbonyl (C=O) groups is 1. The van der Waals surface area contributed by atoms with Gasteiger partial charge in [0.25, 0.3) is 5.91 Å². The van der Waals surface area contributed by atoms with Gasteiger partial charge in [0.1, 0.15) is 10.7 Å². The van der Waals surface area contributed by atoms with Gasteiger partial charge in [-0.15, -0.1) is 0 Å². The van der Waals surface area contributed by atoms with Crippen LogP contribution in [0.4, 0.5) is 10.9 Å². The number of piperazine rings is 1. The molecule has 118 valence electrons. The predicted molar refractivity (Wildman–Crippen MR) is 88.0 cm³/mol. The van der Waals surface area contributed by atoms with Crippen LogP contribution >= 0.6 is 11.3 Å². The largest absolute Gasteiger partial charge is 0.382 e. The number of anilines is 2. The topological polar surface area (TPSA) is 74.5 Å². The number of rotatable bonds is 5. The van der Waals surface area contributed by atoms with Gasteiger partial charge in [0.2, 0.25) is 0 Å². The number of nitrogens with zero attached hydrogens (tertiary/aromatic N) is 3. The zero-order valence-corrected chi connectivity index (χ0v) is 13.9. The van der Waals surface area contributed by atoms with Gasteiger partial charge in [-0.3, -0.25) is 4.79 Å². The Balaban J connectivity index is 2.15. The SMILES string of the molecule is CCN(CC(C)C)C(=O)c1sc(N2CCNCC2)nc1N. The van der Waals surface area contributed by atoms with E-state index in [4.69, 9.17) is 5.73 Å². The average molecular weight is 311 g/mol. The molecule has 2 heterocycles. The Morgan fingerprint density at radius 1 is 1.48 bits per heavy atom. The molecule has 1 fully saturated rings. The van der Waals surface area contributed by atoms with Crippen LogP contribution in [0.5, 0.6) is 0 Å². The second-order valence-corrected chi connectivity index (χ2v) is 6.66. The highest BCUT2D eigenvalue weighted by Crippen LogP contribution is 2.29. The number of nitrogens with one attached hydrogen (secondary N) is 1. The van der Waals surface area contributed by atoms with Crippen molar-refractivity contribution in [2.45, 2.75) is 20.8 Å². The van der Waals surface area contributed by atoms with Crippen LogP contribution in [0.25, 0.3) is 0 Å². The fraction of sp³-hybridized carbons (Fsp3) is 0.714. The number of carbonyl (C=O) groups excluding carboxylic acids is 1. The molecule has 0 unspecified atom stereocenters. The van der Waals surface area contributed by atoms with E-state index < -0.39 is 0 Å². The highest BCUT2D eigenvalue weighted by Gasteiger charge is 2.24. The van der Waals surface area contributed by atoms with E-state index in [0.717, 1.165) is 37.9 Å². The van der Waals surface area contributed by atoms with Gasteiger partial charge in [0.05, 0.1) is 0 Å². The summed E-state index contributed by atoms with van der Waals surface area (Å²) in [4.78, 5) is 21.6. The summed E-state index contributed by atoms with van der Waals surface area (Å²) in [5.74, 6) is 0.805. The number of nitrogens with two attached hydrogens (primary N) is 1. The molecular weight excluding hydrogens is 286 g/mol. The molecule has 0 aromatic carbocycles. The van der Waals surface area contributed by atoms with Crippen LogP contribution in [0, 0.1) is 5.92 Å². The van der Waals surface area contributed by atoms with Crippen LogP contribution < -0.4 is 16.0 Å². The maximum absolute atomic E-state index is 12.6. The van der Waals surface area contributed by atoms with Crippen molar-refractivity contribution >= 4 is 28.2 Å². The molecule has 0 radical (unpaired) electrons. The molecule has 1 aromatic heterocycles. The highest BCUT2D eigenvalue weighted by atomic mass is 32.1. The Labute approximate surface area is 130 Å². The van der Waals surface area contributed by atoms with Crippen molar-refractivity contribution in [1.29, 1.82) is 0 Å². The van der Waals surface area contributed by atoms with Crippen molar-refractivity contribution in [1.82, 2.24) is 15.2 Å². The van der Waals surface area contributed by atoms with Crippen molar-refractivity contribution in [2.75, 3.05) is 49.9 Å². The maximum atomic E-state index is 12.6. The van der Waals surface area contributed by atoms with Crippen LogP contribution in [0.15, 0.2) is 0 Å². The first-order chi connectivity index (χ1) is 10.0. The van der Waals surface area contributed by atoms with E-state index in [1.54, 1.807) is 0 Å². The van der Waals surface area contributed by atoms with Crippen molar-refractivity contribution in [3.8, 4) is 0 Å². The molecule has 2 rings (SSSR count). The molecule has 1 amide bonds. The molecule has 0 saturated carbocycles. The Kier molecular flexibility index (Phi) is 5.41. The Bertz CT molecular complexity index is 482. The fourth-order valence-electron chi connectivity index (χ4n) is 2.40. The van der Waals surface area contributed by atoms with Gasteiger partial charge in [-0.05, 0) is 12.8 Å². The summed E-state index contributed by atoms with van der Waals surface area (Å²) in [6.45, 7) is 11.3. The average Bonchev–Trinajstić information content (AvgIpc) is 2.87. The summed E-state index contributed by atoms with van der Waals surface area (Å²) in [5, 5.41) is 4.17. The molecule has 1 aliphatic heterocycles. The third-order valence-corrected chi connectivity index (χ3v) is 4.60. The van der Waals surface area contributed by atoms with Crippen LogP contribution in [0.3, 0.4) is 0 Å². The number of hydrogen-bond acceptors (Lipinski definition) is 6. The number of aromatic nitrogens is 1. The summed E-state index contributed by atoms with van der Waals surface area (Å²) in [5.41, 5.74) is 5.98. The van der Waals surface area contributed by atoms with Crippen molar-refractivity contribution < 1.29 is 4.79 Å². The Morgan fingerprint density at radius 2 is 2.14 bits per heavy atom. The minimum absolute atomic E-state index is 0.00239. The van der Waals surface area contributed by atoms with E-state index in [9.17, 15) is 4.79 Å². The molecule has 6 nitrogen and oxygen atoms in total. The van der Waals surface area contributed by atoms with Gasteiger partial charge >= 0.3 is 0 Å². The molecule has 0 bridgehead atoms. The number of nitrogen functional groups attached to an aromatic ring is 1. The first-order valence-electron chi connectivity index (χ1n) is 7.54. The van der Waals surface area contributed by atoms with Crippen LogP contribution in [0.2, 0.25) is 0 Å². The Hall–Kier alpha value is -1.34. The molecule has 7 heteroatoms. The molecule has 1 saturated heterocycles. The van der Waals surface area contributed by atoms with Crippen LogP contribution in [0.1, 0.15) is 30.4 Å². The van der Waals surface area contributed by atoms with E-state index >= 15 is 0 Å². The standard InChI is InChI=1S/C14H25N5OS/c1-4-18(9-10(2)3)13(20)11-12(15)17-14(21-11)19-7-5-16-6-8-19/h10,16H,4-9,15H2,1-3H3. The fourth-order valence-corrected chi connectivity index (χ4v) is 3.41. The van der Waals surface area contributed by atoms with E-state index in [2.05, 4.69) is 29.0 Å². The molecule has 0 spiro atoms. The minimum Gasteiger partial charge on any atom is -0.382 e. The molecule has 0 atom stereocenters. The van der Waals surface area contributed by atoms with Gasteiger partial charge in [-0.1, -0.05) is 25.2 Å². The summed E-state index contributed by atoms with van der Waals surface area (Å²) in [6, 6.07) is 0. The highest BCUT2D eigenvalue weighted by molar-refractivity contribution is 7.18. The molecule has 1 aromatic rings. The zero-order valence-electron chi connectivity index (χ0n) is 13.1. The predicted octanol–water partition coefficient (Wildman–Crippen LogP) is 1.25. The normalized spacial score (nSPS) is 15.5. The lowest BCUT2D eigenvalue weighted by molar-refractivity contribution is 0.0751. The molecule has 21 heavy (non-hydrogen) atoms. The van der Waals surface area contributed by atoms with Gasteiger partial charge in [-0.25, -0.2) is 4.98 Å². The van der Waals surface area contributed by atoms with E-state index in [1.165, 1.54) is 11.3 Å². The van der Waals surface area contributed by atoms with Crippen molar-refractivity contribution in [3.05, 3.63) is 4.88 Å². The van der Waals surface area contributed by atoms with Gasteiger partial charge in [-0.2, -0.15) is 0 Å². The van der Waals surface area contributed by atoms with Crippen molar-refractivity contribution in [3.63, 3.8) is 0 Å². The monoisotopic (exact) mass is 311 g/mol. The summed E-state index contributed by atoms with van der Waals surface area (Å²) in [7, 11) is 0. The summed E-state index contributed by atoms with van der Waals surface area (Å²) in [6.07, 6.45) is 0. The minimum atomic E-state index is 0.00239. The zero-order chi connectivity index (χ0) is 15.4. The first-order valence-corrected chi connectivity index (χ1v) is 8.35. The first kappa shape index (κ1) is 16.0. The van der Waals surface area contributed by atoms with E-state index in [0.29, 0.717) is 23.2 Å². The van der Waals surface area contributed by atoms with Crippen LogP contribution in [-0.4, -0.2) is 55.1 Å².